The summed E-state index contributed by atoms with van der Waals surface area (Å²) in [6, 6.07) is 7.18. The quantitative estimate of drug-likeness (QED) is 0.423. The Balaban J connectivity index is 1.56. The van der Waals surface area contributed by atoms with E-state index in [2.05, 4.69) is 25.3 Å². The van der Waals surface area contributed by atoms with E-state index in [1.165, 1.54) is 25.1 Å². The number of furan rings is 1. The minimum Gasteiger partial charge on any atom is -0.495 e. The number of aryl methyl sites for hydroxylation is 2. The topological polar surface area (TPSA) is 160 Å². The summed E-state index contributed by atoms with van der Waals surface area (Å²) in [5.41, 5.74) is 6.04. The molecule has 0 unspecified atom stereocenters. The molecule has 12 nitrogen and oxygen atoms in total. The number of rotatable bonds is 6. The highest BCUT2D eigenvalue weighted by atomic mass is 16.5. The van der Waals surface area contributed by atoms with Crippen molar-refractivity contribution >= 4 is 34.7 Å². The first-order chi connectivity index (χ1) is 15.4. The maximum atomic E-state index is 12.7. The minimum atomic E-state index is -0.774. The van der Waals surface area contributed by atoms with Crippen LogP contribution in [0.2, 0.25) is 0 Å². The van der Waals surface area contributed by atoms with Crippen molar-refractivity contribution < 1.29 is 18.7 Å². The molecule has 0 aliphatic heterocycles. The average Bonchev–Trinajstić information content (AvgIpc) is 3.11. The van der Waals surface area contributed by atoms with Crippen LogP contribution in [0.5, 0.6) is 5.75 Å². The van der Waals surface area contributed by atoms with Gasteiger partial charge in [-0.05, 0) is 19.1 Å². The second-order valence-electron chi connectivity index (χ2n) is 6.71. The van der Waals surface area contributed by atoms with Crippen molar-refractivity contribution in [3.05, 3.63) is 58.1 Å². The van der Waals surface area contributed by atoms with Crippen LogP contribution in [0.1, 0.15) is 21.9 Å². The number of nitrogens with zero attached hydrogens (tertiary/aromatic N) is 5. The second kappa shape index (κ2) is 8.34. The van der Waals surface area contributed by atoms with Gasteiger partial charge in [0.25, 0.3) is 5.56 Å². The van der Waals surface area contributed by atoms with Gasteiger partial charge in [-0.3, -0.25) is 4.79 Å². The summed E-state index contributed by atoms with van der Waals surface area (Å²) < 4.78 is 17.3. The van der Waals surface area contributed by atoms with Crippen molar-refractivity contribution in [2.45, 2.75) is 13.5 Å². The van der Waals surface area contributed by atoms with Crippen molar-refractivity contribution in [2.24, 2.45) is 7.05 Å². The Morgan fingerprint density at radius 2 is 2.03 bits per heavy atom. The number of methoxy groups -OCH3 is 1. The molecule has 3 heterocycles. The van der Waals surface area contributed by atoms with Crippen LogP contribution in [0.15, 0.2) is 39.8 Å². The Morgan fingerprint density at radius 1 is 1.25 bits per heavy atom. The number of nitrogens with two attached hydrogens (primary N) is 1. The van der Waals surface area contributed by atoms with Crippen molar-refractivity contribution in [3.63, 3.8) is 0 Å². The molecular formula is C20H19N7O5. The monoisotopic (exact) mass is 437 g/mol. The van der Waals surface area contributed by atoms with Gasteiger partial charge in [0.05, 0.1) is 12.8 Å². The maximum Gasteiger partial charge on any atom is 0.343 e. The summed E-state index contributed by atoms with van der Waals surface area (Å²) in [7, 11) is 3.06. The number of carbonyl (C=O) groups is 1. The van der Waals surface area contributed by atoms with Crippen LogP contribution in [0.25, 0.3) is 11.1 Å². The van der Waals surface area contributed by atoms with E-state index in [4.69, 9.17) is 19.6 Å². The summed E-state index contributed by atoms with van der Waals surface area (Å²) in [4.78, 5) is 41.5. The van der Waals surface area contributed by atoms with Crippen LogP contribution < -0.4 is 21.3 Å². The van der Waals surface area contributed by atoms with Gasteiger partial charge in [-0.1, -0.05) is 12.1 Å². The van der Waals surface area contributed by atoms with Gasteiger partial charge in [0.2, 0.25) is 17.6 Å². The molecule has 4 aromatic rings. The van der Waals surface area contributed by atoms with Gasteiger partial charge in [-0.2, -0.15) is 15.0 Å². The minimum absolute atomic E-state index is 0.00287. The van der Waals surface area contributed by atoms with Crippen LogP contribution in [0.4, 0.5) is 17.6 Å². The number of anilines is 3. The van der Waals surface area contributed by atoms with Crippen LogP contribution >= 0.6 is 0 Å². The molecule has 164 valence electrons. The lowest BCUT2D eigenvalue weighted by Gasteiger charge is -2.10. The molecule has 0 atom stereocenters. The first kappa shape index (κ1) is 20.8. The molecular weight excluding hydrogens is 418 g/mol. The molecule has 3 aromatic heterocycles. The zero-order valence-corrected chi connectivity index (χ0v) is 17.4. The van der Waals surface area contributed by atoms with Crippen molar-refractivity contribution in [1.29, 1.82) is 0 Å². The number of para-hydroxylation sites is 2. The van der Waals surface area contributed by atoms with E-state index in [0.717, 1.165) is 0 Å². The number of carbonyl (C=O) groups excluding carboxylic acids is 1. The summed E-state index contributed by atoms with van der Waals surface area (Å²) in [6.45, 7) is 1.24. The fourth-order valence-corrected chi connectivity index (χ4v) is 3.06. The van der Waals surface area contributed by atoms with E-state index in [9.17, 15) is 9.59 Å². The first-order valence-electron chi connectivity index (χ1n) is 9.39. The number of hydrogen-bond acceptors (Lipinski definition) is 11. The Labute approximate surface area is 181 Å². The van der Waals surface area contributed by atoms with Crippen molar-refractivity contribution in [2.75, 3.05) is 18.2 Å². The van der Waals surface area contributed by atoms with Crippen LogP contribution in [-0.4, -0.2) is 37.6 Å². The molecule has 0 amide bonds. The van der Waals surface area contributed by atoms with E-state index < -0.39 is 11.5 Å². The van der Waals surface area contributed by atoms with E-state index in [1.807, 2.05) is 12.1 Å². The normalized spacial score (nSPS) is 10.8. The number of nitrogens with one attached hydrogen (secondary N) is 1. The molecule has 0 saturated carbocycles. The third-order valence-electron chi connectivity index (χ3n) is 4.54. The van der Waals surface area contributed by atoms with Gasteiger partial charge >= 0.3 is 5.97 Å². The molecule has 0 radical (unpaired) electrons. The fraction of sp³-hybridized carbons (Fsp3) is 0.200. The highest BCUT2D eigenvalue weighted by Crippen LogP contribution is 2.26. The van der Waals surface area contributed by atoms with E-state index in [1.54, 1.807) is 19.1 Å². The number of esters is 1. The van der Waals surface area contributed by atoms with Crippen molar-refractivity contribution in [1.82, 2.24) is 24.5 Å². The molecule has 3 N–H and O–H groups in total. The maximum absolute atomic E-state index is 12.7. The van der Waals surface area contributed by atoms with Crippen molar-refractivity contribution in [3.8, 4) is 5.75 Å². The predicted molar refractivity (Wildman–Crippen MR) is 114 cm³/mol. The van der Waals surface area contributed by atoms with Gasteiger partial charge in [-0.15, -0.1) is 0 Å². The molecule has 32 heavy (non-hydrogen) atoms. The Bertz CT molecular complexity index is 1380. The molecule has 1 aromatic carbocycles. The third-order valence-corrected chi connectivity index (χ3v) is 4.54. The molecule has 4 rings (SSSR count). The highest BCUT2D eigenvalue weighted by molar-refractivity contribution is 6.03. The summed E-state index contributed by atoms with van der Waals surface area (Å²) in [5, 5.41) is 3.04. The van der Waals surface area contributed by atoms with Crippen LogP contribution in [-0.2, 0) is 18.4 Å². The smallest absolute Gasteiger partial charge is 0.343 e. The predicted octanol–water partition coefficient (Wildman–Crippen LogP) is 1.71. The summed E-state index contributed by atoms with van der Waals surface area (Å²) in [6.07, 6.45) is 1.31. The first-order valence-corrected chi connectivity index (χ1v) is 9.39. The van der Waals surface area contributed by atoms with E-state index >= 15 is 0 Å². The van der Waals surface area contributed by atoms with Gasteiger partial charge in [0, 0.05) is 7.05 Å². The van der Waals surface area contributed by atoms with Crippen LogP contribution in [0.3, 0.4) is 0 Å². The molecule has 0 saturated heterocycles. The number of ether oxygens (including phenoxy) is 2. The Morgan fingerprint density at radius 3 is 2.81 bits per heavy atom. The number of hydrogen-bond donors (Lipinski definition) is 2. The standard InChI is InChI=1S/C20H19N7O5/c1-10-14(15-16(32-10)22-9-27(2)17(15)28)18(29)31-8-13-24-19(21)26-20(25-13)23-11-6-4-5-7-12(11)30-3/h4-7,9H,8H2,1-3H3,(H3,21,23,24,25,26). The summed E-state index contributed by atoms with van der Waals surface area (Å²) >= 11 is 0. The molecule has 0 aliphatic carbocycles. The Hall–Kier alpha value is -4.48. The lowest BCUT2D eigenvalue weighted by Crippen LogP contribution is -2.19. The van der Waals surface area contributed by atoms with Gasteiger partial charge in [0.15, 0.2) is 12.4 Å². The lowest BCUT2D eigenvalue weighted by atomic mass is 10.2. The van der Waals surface area contributed by atoms with E-state index in [-0.39, 0.29) is 46.8 Å². The average molecular weight is 437 g/mol. The highest BCUT2D eigenvalue weighted by Gasteiger charge is 2.24. The largest absolute Gasteiger partial charge is 0.495 e. The number of aromatic nitrogens is 5. The van der Waals surface area contributed by atoms with Gasteiger partial charge in [-0.25, -0.2) is 9.78 Å². The van der Waals surface area contributed by atoms with Gasteiger partial charge < -0.3 is 29.5 Å². The Kier molecular flexibility index (Phi) is 5.41. The number of fused-ring (bicyclic) bond motifs is 1. The zero-order valence-electron chi connectivity index (χ0n) is 17.4. The molecule has 0 fully saturated rings. The van der Waals surface area contributed by atoms with E-state index in [0.29, 0.717) is 11.4 Å². The lowest BCUT2D eigenvalue weighted by molar-refractivity contribution is 0.0462. The molecule has 0 aliphatic rings. The number of nitrogen functional groups attached to an aromatic ring is 1. The molecule has 0 spiro atoms. The molecule has 12 heteroatoms. The molecule has 0 bridgehead atoms. The number of benzene rings is 1. The third kappa shape index (κ3) is 3.93. The fourth-order valence-electron chi connectivity index (χ4n) is 3.06. The SMILES string of the molecule is COc1ccccc1Nc1nc(N)nc(COC(=O)c2c(C)oc3ncn(C)c(=O)c23)n1. The van der Waals surface area contributed by atoms with Gasteiger partial charge in [0.1, 0.15) is 28.8 Å². The summed E-state index contributed by atoms with van der Waals surface area (Å²) in [5.74, 6) is 0.221. The second-order valence-corrected chi connectivity index (χ2v) is 6.71. The zero-order chi connectivity index (χ0) is 22.8. The van der Waals surface area contributed by atoms with Crippen LogP contribution in [0, 0.1) is 6.92 Å².